The van der Waals surface area contributed by atoms with Gasteiger partial charge in [0.05, 0.1) is 6.61 Å². The van der Waals surface area contributed by atoms with Gasteiger partial charge in [0.1, 0.15) is 5.75 Å². The van der Waals surface area contributed by atoms with E-state index < -0.39 is 0 Å². The second-order valence-electron chi connectivity index (χ2n) is 8.99. The lowest BCUT2D eigenvalue weighted by Gasteiger charge is -2.32. The molecule has 0 atom stereocenters. The quantitative estimate of drug-likeness (QED) is 0.667. The number of carbonyl (C=O) groups excluding carboxylic acids is 2. The van der Waals surface area contributed by atoms with Crippen molar-refractivity contribution in [1.82, 2.24) is 14.7 Å². The Hall–Kier alpha value is -1.83. The molecular formula is C24H36ClN3O4. The zero-order valence-electron chi connectivity index (χ0n) is 19.0. The van der Waals surface area contributed by atoms with Crippen LogP contribution in [0.2, 0.25) is 5.02 Å². The highest BCUT2D eigenvalue weighted by Crippen LogP contribution is 2.32. The number of aliphatic hydroxyl groups is 1. The van der Waals surface area contributed by atoms with Gasteiger partial charge < -0.3 is 19.6 Å². The monoisotopic (exact) mass is 465 g/mol. The molecule has 0 unspecified atom stereocenters. The van der Waals surface area contributed by atoms with E-state index in [2.05, 4.69) is 4.90 Å². The van der Waals surface area contributed by atoms with Crippen molar-refractivity contribution in [3.05, 3.63) is 29.3 Å². The molecule has 178 valence electrons. The first-order valence-electron chi connectivity index (χ1n) is 11.8. The van der Waals surface area contributed by atoms with Crippen LogP contribution in [-0.2, 0) is 4.79 Å². The largest absolute Gasteiger partial charge is 0.414 e. The number of carbonyl (C=O) groups is 2. The van der Waals surface area contributed by atoms with E-state index in [0.29, 0.717) is 35.7 Å². The Labute approximate surface area is 196 Å². The van der Waals surface area contributed by atoms with Crippen LogP contribution in [0.5, 0.6) is 5.75 Å². The van der Waals surface area contributed by atoms with Crippen LogP contribution < -0.4 is 4.74 Å². The third-order valence-corrected chi connectivity index (χ3v) is 6.97. The number of aliphatic hydroxyl groups excluding tert-OH is 1. The van der Waals surface area contributed by atoms with Gasteiger partial charge in [-0.2, -0.15) is 0 Å². The van der Waals surface area contributed by atoms with E-state index in [1.165, 1.54) is 0 Å². The van der Waals surface area contributed by atoms with Gasteiger partial charge in [-0.05, 0) is 75.3 Å². The highest BCUT2D eigenvalue weighted by atomic mass is 35.5. The van der Waals surface area contributed by atoms with Crippen molar-refractivity contribution in [3.63, 3.8) is 0 Å². The minimum atomic E-state index is -0.368. The van der Waals surface area contributed by atoms with E-state index in [-0.39, 0.29) is 18.6 Å². The second-order valence-corrected chi connectivity index (χ2v) is 9.43. The average Bonchev–Trinajstić information content (AvgIpc) is 3.05. The lowest BCUT2D eigenvalue weighted by Crippen LogP contribution is -2.40. The highest BCUT2D eigenvalue weighted by Gasteiger charge is 2.30. The number of ether oxygens (including phenoxy) is 1. The molecular weight excluding hydrogens is 430 g/mol. The Morgan fingerprint density at radius 1 is 1.09 bits per heavy atom. The first kappa shape index (κ1) is 24.8. The highest BCUT2D eigenvalue weighted by molar-refractivity contribution is 6.30. The van der Waals surface area contributed by atoms with Crippen LogP contribution in [0.15, 0.2) is 24.3 Å². The van der Waals surface area contributed by atoms with Crippen molar-refractivity contribution in [1.29, 1.82) is 0 Å². The Morgan fingerprint density at radius 3 is 2.50 bits per heavy atom. The first-order chi connectivity index (χ1) is 15.5. The summed E-state index contributed by atoms with van der Waals surface area (Å²) in [6.07, 6.45) is 5.44. The van der Waals surface area contributed by atoms with Gasteiger partial charge in [-0.25, -0.2) is 4.79 Å². The summed E-state index contributed by atoms with van der Waals surface area (Å²) in [5, 5.41) is 9.75. The summed E-state index contributed by atoms with van der Waals surface area (Å²) in [5.41, 5.74) is 0. The Balaban J connectivity index is 1.36. The smallest absolute Gasteiger partial charge is 0.410 e. The number of benzene rings is 1. The molecule has 2 aliphatic rings. The molecule has 0 bridgehead atoms. The molecule has 1 saturated heterocycles. The minimum absolute atomic E-state index is 0.128. The predicted octanol–water partition coefficient (Wildman–Crippen LogP) is 3.49. The van der Waals surface area contributed by atoms with E-state index >= 15 is 0 Å². The molecule has 32 heavy (non-hydrogen) atoms. The van der Waals surface area contributed by atoms with Crippen LogP contribution in [-0.4, -0.2) is 84.7 Å². The SMILES string of the molecule is CN(CC[C@H]1CC[C@H](C(=O)N2CCCN(CCO)CC2)CC1)C(=O)Oc1ccc(Cl)cc1. The molecule has 2 amide bonds. The summed E-state index contributed by atoms with van der Waals surface area (Å²) in [7, 11) is 1.76. The molecule has 0 radical (unpaired) electrons. The summed E-state index contributed by atoms with van der Waals surface area (Å²) in [5.74, 6) is 1.45. The van der Waals surface area contributed by atoms with Crippen molar-refractivity contribution < 1.29 is 19.4 Å². The molecule has 7 nitrogen and oxygen atoms in total. The zero-order valence-corrected chi connectivity index (χ0v) is 19.8. The summed E-state index contributed by atoms with van der Waals surface area (Å²) in [4.78, 5) is 31.2. The van der Waals surface area contributed by atoms with Crippen molar-refractivity contribution >= 4 is 23.6 Å². The molecule has 0 aromatic heterocycles. The number of halogens is 1. The van der Waals surface area contributed by atoms with Crippen molar-refractivity contribution in [2.75, 3.05) is 52.9 Å². The topological polar surface area (TPSA) is 73.3 Å². The molecule has 1 N–H and O–H groups in total. The molecule has 2 fully saturated rings. The molecule has 8 heteroatoms. The molecule has 1 aliphatic carbocycles. The van der Waals surface area contributed by atoms with E-state index in [4.69, 9.17) is 21.4 Å². The summed E-state index contributed by atoms with van der Waals surface area (Å²) < 4.78 is 5.38. The first-order valence-corrected chi connectivity index (χ1v) is 12.1. The maximum Gasteiger partial charge on any atom is 0.414 e. The second kappa shape index (κ2) is 12.4. The molecule has 0 spiro atoms. The van der Waals surface area contributed by atoms with Gasteiger partial charge in [-0.15, -0.1) is 0 Å². The number of β-amino-alcohol motifs (C(OH)–C–C–N with tert-alkyl or cyclic N) is 1. The number of rotatable bonds is 7. The van der Waals surface area contributed by atoms with Crippen LogP contribution in [0.1, 0.15) is 38.5 Å². The molecule has 1 saturated carbocycles. The molecule has 1 aromatic carbocycles. The Bertz CT molecular complexity index is 737. The fraction of sp³-hybridized carbons (Fsp3) is 0.667. The predicted molar refractivity (Wildman–Crippen MR) is 125 cm³/mol. The number of amides is 2. The van der Waals surface area contributed by atoms with Gasteiger partial charge in [-0.3, -0.25) is 9.69 Å². The Morgan fingerprint density at radius 2 is 1.81 bits per heavy atom. The number of hydrogen-bond acceptors (Lipinski definition) is 5. The van der Waals surface area contributed by atoms with Gasteiger partial charge in [0, 0.05) is 50.7 Å². The van der Waals surface area contributed by atoms with Crippen LogP contribution in [0.4, 0.5) is 4.79 Å². The van der Waals surface area contributed by atoms with Crippen LogP contribution in [0.25, 0.3) is 0 Å². The number of nitrogens with zero attached hydrogens (tertiary/aromatic N) is 3. The lowest BCUT2D eigenvalue weighted by atomic mass is 9.80. The third kappa shape index (κ3) is 7.36. The van der Waals surface area contributed by atoms with Crippen LogP contribution in [0, 0.1) is 11.8 Å². The Kier molecular flexibility index (Phi) is 9.63. The van der Waals surface area contributed by atoms with Crippen LogP contribution >= 0.6 is 11.6 Å². The summed E-state index contributed by atoms with van der Waals surface area (Å²) in [6.45, 7) is 4.88. The maximum atomic E-state index is 13.0. The standard InChI is InChI=1S/C24H36ClN3O4/c1-26(24(31)32-22-9-7-21(25)8-10-22)14-11-19-3-5-20(6-4-19)23(30)28-13-2-12-27(15-16-28)17-18-29/h7-10,19-20,29H,2-6,11-18H2,1H3/t19-,20-. The third-order valence-electron chi connectivity index (χ3n) is 6.72. The summed E-state index contributed by atoms with van der Waals surface area (Å²) in [6, 6.07) is 6.75. The van der Waals surface area contributed by atoms with Gasteiger partial charge in [0.2, 0.25) is 5.91 Å². The molecule has 1 heterocycles. The van der Waals surface area contributed by atoms with Gasteiger partial charge in [0.25, 0.3) is 0 Å². The molecule has 3 rings (SSSR count). The zero-order chi connectivity index (χ0) is 22.9. The fourth-order valence-corrected chi connectivity index (χ4v) is 4.79. The van der Waals surface area contributed by atoms with E-state index in [1.54, 1.807) is 36.2 Å². The van der Waals surface area contributed by atoms with E-state index in [1.807, 2.05) is 4.90 Å². The minimum Gasteiger partial charge on any atom is -0.410 e. The summed E-state index contributed by atoms with van der Waals surface area (Å²) >= 11 is 5.86. The van der Waals surface area contributed by atoms with Gasteiger partial charge in [-0.1, -0.05) is 11.6 Å². The average molecular weight is 466 g/mol. The van der Waals surface area contributed by atoms with Crippen molar-refractivity contribution in [2.24, 2.45) is 11.8 Å². The van der Waals surface area contributed by atoms with Gasteiger partial charge in [0.15, 0.2) is 0 Å². The van der Waals surface area contributed by atoms with Gasteiger partial charge >= 0.3 is 6.09 Å². The van der Waals surface area contributed by atoms with Crippen molar-refractivity contribution in [2.45, 2.75) is 38.5 Å². The molecule has 1 aliphatic heterocycles. The normalized spacial score (nSPS) is 22.3. The molecule has 1 aromatic rings. The fourth-order valence-electron chi connectivity index (χ4n) is 4.66. The number of hydrogen-bond donors (Lipinski definition) is 1. The van der Waals surface area contributed by atoms with Crippen LogP contribution in [0.3, 0.4) is 0 Å². The van der Waals surface area contributed by atoms with Crippen molar-refractivity contribution in [3.8, 4) is 5.75 Å². The lowest BCUT2D eigenvalue weighted by molar-refractivity contribution is -0.136. The van der Waals surface area contributed by atoms with E-state index in [9.17, 15) is 9.59 Å². The maximum absolute atomic E-state index is 13.0. The van der Waals surface area contributed by atoms with E-state index in [0.717, 1.165) is 64.7 Å².